The van der Waals surface area contributed by atoms with Crippen LogP contribution in [0.2, 0.25) is 0 Å². The number of thioether (sulfide) groups is 1. The molecule has 5 heteroatoms. The molecule has 0 aliphatic heterocycles. The standard InChI is InChI=1S/C14H19N3OS/c1-4-15-13(18)10(3)19-14-16-11-8-6-7-9-12(11)17(14)5-2/h6-10H,4-5H2,1-3H3,(H,15,18)/t10-/m0/s1. The number of hydrogen-bond donors (Lipinski definition) is 1. The Bertz CT molecular complexity index is 579. The topological polar surface area (TPSA) is 46.9 Å². The van der Waals surface area contributed by atoms with Gasteiger partial charge in [0.05, 0.1) is 16.3 Å². The highest BCUT2D eigenvalue weighted by molar-refractivity contribution is 8.00. The minimum absolute atomic E-state index is 0.0576. The smallest absolute Gasteiger partial charge is 0.233 e. The molecule has 0 bridgehead atoms. The highest BCUT2D eigenvalue weighted by atomic mass is 32.2. The van der Waals surface area contributed by atoms with Crippen molar-refractivity contribution in [2.24, 2.45) is 0 Å². The summed E-state index contributed by atoms with van der Waals surface area (Å²) in [7, 11) is 0. The van der Waals surface area contributed by atoms with Gasteiger partial charge in [0, 0.05) is 13.1 Å². The Morgan fingerprint density at radius 1 is 1.42 bits per heavy atom. The summed E-state index contributed by atoms with van der Waals surface area (Å²) in [5, 5.41) is 3.61. The molecule has 0 unspecified atom stereocenters. The maximum absolute atomic E-state index is 11.8. The summed E-state index contributed by atoms with van der Waals surface area (Å²) in [6.45, 7) is 7.44. The third-order valence-electron chi connectivity index (χ3n) is 2.94. The van der Waals surface area contributed by atoms with E-state index in [0.717, 1.165) is 22.7 Å². The zero-order chi connectivity index (χ0) is 13.8. The zero-order valence-corrected chi connectivity index (χ0v) is 12.3. The van der Waals surface area contributed by atoms with Crippen molar-refractivity contribution < 1.29 is 4.79 Å². The Balaban J connectivity index is 2.27. The van der Waals surface area contributed by atoms with Crippen LogP contribution in [0.3, 0.4) is 0 Å². The van der Waals surface area contributed by atoms with Gasteiger partial charge in [-0.2, -0.15) is 0 Å². The quantitative estimate of drug-likeness (QED) is 0.855. The van der Waals surface area contributed by atoms with Crippen molar-refractivity contribution in [3.8, 4) is 0 Å². The van der Waals surface area contributed by atoms with Gasteiger partial charge in [0.15, 0.2) is 5.16 Å². The molecule has 0 aliphatic rings. The first-order valence-corrected chi connectivity index (χ1v) is 7.45. The van der Waals surface area contributed by atoms with Crippen LogP contribution >= 0.6 is 11.8 Å². The van der Waals surface area contributed by atoms with E-state index < -0.39 is 0 Å². The average molecular weight is 277 g/mol. The molecule has 19 heavy (non-hydrogen) atoms. The lowest BCUT2D eigenvalue weighted by molar-refractivity contribution is -0.120. The number of benzene rings is 1. The Morgan fingerprint density at radius 3 is 2.84 bits per heavy atom. The summed E-state index contributed by atoms with van der Waals surface area (Å²) in [6, 6.07) is 8.06. The van der Waals surface area contributed by atoms with Crippen molar-refractivity contribution in [2.75, 3.05) is 6.54 Å². The highest BCUT2D eigenvalue weighted by Crippen LogP contribution is 2.27. The summed E-state index contributed by atoms with van der Waals surface area (Å²) in [4.78, 5) is 16.4. The molecule has 2 rings (SSSR count). The number of amides is 1. The summed E-state index contributed by atoms with van der Waals surface area (Å²) in [5.41, 5.74) is 2.10. The largest absolute Gasteiger partial charge is 0.355 e. The number of carbonyl (C=O) groups is 1. The highest BCUT2D eigenvalue weighted by Gasteiger charge is 2.18. The molecule has 0 radical (unpaired) electrons. The van der Waals surface area contributed by atoms with Crippen molar-refractivity contribution in [2.45, 2.75) is 37.7 Å². The summed E-state index contributed by atoms with van der Waals surface area (Å²) < 4.78 is 2.15. The third kappa shape index (κ3) is 2.92. The first-order chi connectivity index (χ1) is 9.17. The molecular formula is C14H19N3OS. The number of aromatic nitrogens is 2. The van der Waals surface area contributed by atoms with Crippen molar-refractivity contribution in [1.82, 2.24) is 14.9 Å². The average Bonchev–Trinajstić information content (AvgIpc) is 2.75. The Kier molecular flexibility index (Phi) is 4.47. The first kappa shape index (κ1) is 13.9. The summed E-state index contributed by atoms with van der Waals surface area (Å²) >= 11 is 1.51. The normalized spacial score (nSPS) is 12.6. The van der Waals surface area contributed by atoms with E-state index in [1.54, 1.807) is 0 Å². The zero-order valence-electron chi connectivity index (χ0n) is 11.5. The molecule has 0 saturated heterocycles. The van der Waals surface area contributed by atoms with Gasteiger partial charge in [-0.05, 0) is 32.9 Å². The molecule has 0 saturated carbocycles. The van der Waals surface area contributed by atoms with Crippen LogP contribution in [-0.2, 0) is 11.3 Å². The van der Waals surface area contributed by atoms with Crippen molar-refractivity contribution in [3.63, 3.8) is 0 Å². The number of para-hydroxylation sites is 2. The number of aryl methyl sites for hydroxylation is 1. The van der Waals surface area contributed by atoms with Crippen LogP contribution in [-0.4, -0.2) is 27.3 Å². The lowest BCUT2D eigenvalue weighted by Crippen LogP contribution is -2.30. The maximum Gasteiger partial charge on any atom is 0.233 e. The van der Waals surface area contributed by atoms with Crippen LogP contribution in [0.1, 0.15) is 20.8 Å². The predicted molar refractivity (Wildman–Crippen MR) is 79.4 cm³/mol. The SMILES string of the molecule is CCNC(=O)[C@H](C)Sc1nc2ccccc2n1CC. The molecular weight excluding hydrogens is 258 g/mol. The fourth-order valence-corrected chi connectivity index (χ4v) is 2.99. The number of rotatable bonds is 5. The Labute approximate surface area is 117 Å². The van der Waals surface area contributed by atoms with Crippen LogP contribution in [0, 0.1) is 0 Å². The van der Waals surface area contributed by atoms with E-state index in [2.05, 4.69) is 27.9 Å². The molecule has 1 N–H and O–H groups in total. The van der Waals surface area contributed by atoms with Gasteiger partial charge in [-0.25, -0.2) is 4.98 Å². The van der Waals surface area contributed by atoms with E-state index in [0.29, 0.717) is 6.54 Å². The number of fused-ring (bicyclic) bond motifs is 1. The molecule has 1 heterocycles. The van der Waals surface area contributed by atoms with E-state index in [1.807, 2.05) is 32.0 Å². The van der Waals surface area contributed by atoms with Gasteiger partial charge < -0.3 is 9.88 Å². The third-order valence-corrected chi connectivity index (χ3v) is 4.03. The minimum Gasteiger partial charge on any atom is -0.355 e. The van der Waals surface area contributed by atoms with E-state index in [-0.39, 0.29) is 11.2 Å². The lowest BCUT2D eigenvalue weighted by atomic mass is 10.3. The second kappa shape index (κ2) is 6.10. The molecule has 1 aromatic heterocycles. The van der Waals surface area contributed by atoms with Crippen LogP contribution in [0.4, 0.5) is 0 Å². The molecule has 0 spiro atoms. The second-order valence-electron chi connectivity index (χ2n) is 4.28. The van der Waals surface area contributed by atoms with Gasteiger partial charge in [0.25, 0.3) is 0 Å². The number of nitrogens with zero attached hydrogens (tertiary/aromatic N) is 2. The molecule has 2 aromatic rings. The van der Waals surface area contributed by atoms with Crippen LogP contribution in [0.15, 0.2) is 29.4 Å². The lowest BCUT2D eigenvalue weighted by Gasteiger charge is -2.11. The van der Waals surface area contributed by atoms with Crippen LogP contribution in [0.25, 0.3) is 11.0 Å². The van der Waals surface area contributed by atoms with Crippen molar-refractivity contribution in [1.29, 1.82) is 0 Å². The van der Waals surface area contributed by atoms with Gasteiger partial charge in [0.2, 0.25) is 5.91 Å². The fraction of sp³-hybridized carbons (Fsp3) is 0.429. The number of imidazole rings is 1. The van der Waals surface area contributed by atoms with E-state index in [1.165, 1.54) is 11.8 Å². The van der Waals surface area contributed by atoms with Crippen LogP contribution in [0.5, 0.6) is 0 Å². The molecule has 1 aromatic carbocycles. The van der Waals surface area contributed by atoms with Gasteiger partial charge >= 0.3 is 0 Å². The molecule has 4 nitrogen and oxygen atoms in total. The first-order valence-electron chi connectivity index (χ1n) is 6.57. The number of nitrogens with one attached hydrogen (secondary N) is 1. The second-order valence-corrected chi connectivity index (χ2v) is 5.59. The number of carbonyl (C=O) groups excluding carboxylic acids is 1. The maximum atomic E-state index is 11.8. The van der Waals surface area contributed by atoms with Gasteiger partial charge in [-0.3, -0.25) is 4.79 Å². The van der Waals surface area contributed by atoms with E-state index >= 15 is 0 Å². The monoisotopic (exact) mass is 277 g/mol. The number of hydrogen-bond acceptors (Lipinski definition) is 3. The van der Waals surface area contributed by atoms with Crippen molar-refractivity contribution >= 4 is 28.7 Å². The summed E-state index contributed by atoms with van der Waals surface area (Å²) in [5.74, 6) is 0.0576. The Morgan fingerprint density at radius 2 is 2.16 bits per heavy atom. The van der Waals surface area contributed by atoms with Crippen LogP contribution < -0.4 is 5.32 Å². The van der Waals surface area contributed by atoms with Crippen molar-refractivity contribution in [3.05, 3.63) is 24.3 Å². The molecule has 0 aliphatic carbocycles. The van der Waals surface area contributed by atoms with Gasteiger partial charge in [-0.15, -0.1) is 0 Å². The van der Waals surface area contributed by atoms with Gasteiger partial charge in [0.1, 0.15) is 0 Å². The Hall–Kier alpha value is -1.49. The predicted octanol–water partition coefficient (Wildman–Crippen LogP) is 2.67. The summed E-state index contributed by atoms with van der Waals surface area (Å²) in [6.07, 6.45) is 0. The van der Waals surface area contributed by atoms with Gasteiger partial charge in [-0.1, -0.05) is 23.9 Å². The molecule has 1 atom stereocenters. The van der Waals surface area contributed by atoms with E-state index in [4.69, 9.17) is 0 Å². The molecule has 0 fully saturated rings. The van der Waals surface area contributed by atoms with E-state index in [9.17, 15) is 4.79 Å². The fourth-order valence-electron chi connectivity index (χ4n) is 1.98. The minimum atomic E-state index is -0.137. The molecule has 1 amide bonds. The molecule has 102 valence electrons.